The summed E-state index contributed by atoms with van der Waals surface area (Å²) in [7, 11) is 0. The highest BCUT2D eigenvalue weighted by atomic mass is 16.5. The van der Waals surface area contributed by atoms with Crippen molar-refractivity contribution in [3.63, 3.8) is 0 Å². The standard InChI is InChI=1S/C15H25N3O3/c1-11(2)18-13(19)15(16-14(18)20)5-6-17(10-15)9-12-3-7-21-8-4-12/h11-12H,3-10H2,1-2H3,(H,16,20). The minimum atomic E-state index is -0.674. The maximum absolute atomic E-state index is 12.6. The van der Waals surface area contributed by atoms with Crippen LogP contribution in [0.1, 0.15) is 33.1 Å². The molecule has 1 N–H and O–H groups in total. The molecule has 3 aliphatic rings. The van der Waals surface area contributed by atoms with E-state index in [-0.39, 0.29) is 18.0 Å². The summed E-state index contributed by atoms with van der Waals surface area (Å²) in [6.45, 7) is 8.00. The van der Waals surface area contributed by atoms with E-state index < -0.39 is 5.54 Å². The maximum Gasteiger partial charge on any atom is 0.325 e. The van der Waals surface area contributed by atoms with E-state index in [0.29, 0.717) is 12.5 Å². The average Bonchev–Trinajstić information content (AvgIpc) is 2.93. The van der Waals surface area contributed by atoms with Gasteiger partial charge >= 0.3 is 6.03 Å². The molecule has 3 fully saturated rings. The molecular formula is C15H25N3O3. The summed E-state index contributed by atoms with van der Waals surface area (Å²) in [6, 6.07) is -0.315. The van der Waals surface area contributed by atoms with Crippen LogP contribution in [-0.4, -0.2) is 66.2 Å². The van der Waals surface area contributed by atoms with E-state index in [4.69, 9.17) is 4.74 Å². The molecule has 1 atom stereocenters. The van der Waals surface area contributed by atoms with Crippen molar-refractivity contribution in [2.24, 2.45) is 5.92 Å². The third-order valence-electron chi connectivity index (χ3n) is 4.92. The molecule has 1 unspecified atom stereocenters. The van der Waals surface area contributed by atoms with Crippen molar-refractivity contribution < 1.29 is 14.3 Å². The topological polar surface area (TPSA) is 61.9 Å². The van der Waals surface area contributed by atoms with Crippen molar-refractivity contribution in [3.8, 4) is 0 Å². The molecule has 0 aromatic rings. The molecule has 0 radical (unpaired) electrons. The number of nitrogens with one attached hydrogen (secondary N) is 1. The first-order valence-electron chi connectivity index (χ1n) is 7.98. The van der Waals surface area contributed by atoms with Crippen molar-refractivity contribution in [1.82, 2.24) is 15.1 Å². The molecule has 118 valence electrons. The Balaban J connectivity index is 1.63. The quantitative estimate of drug-likeness (QED) is 0.783. The monoisotopic (exact) mass is 295 g/mol. The van der Waals surface area contributed by atoms with Crippen molar-refractivity contribution in [1.29, 1.82) is 0 Å². The lowest BCUT2D eigenvalue weighted by molar-refractivity contribution is -0.132. The summed E-state index contributed by atoms with van der Waals surface area (Å²) < 4.78 is 5.39. The zero-order chi connectivity index (χ0) is 15.0. The van der Waals surface area contributed by atoms with Crippen molar-refractivity contribution >= 4 is 11.9 Å². The van der Waals surface area contributed by atoms with E-state index in [1.54, 1.807) is 0 Å². The van der Waals surface area contributed by atoms with Crippen molar-refractivity contribution in [2.45, 2.75) is 44.7 Å². The Morgan fingerprint density at radius 3 is 2.67 bits per heavy atom. The Morgan fingerprint density at radius 1 is 1.33 bits per heavy atom. The van der Waals surface area contributed by atoms with E-state index in [1.165, 1.54) is 4.90 Å². The van der Waals surface area contributed by atoms with E-state index in [2.05, 4.69) is 10.2 Å². The number of carbonyl (C=O) groups excluding carboxylic acids is 2. The first kappa shape index (κ1) is 14.8. The van der Waals surface area contributed by atoms with E-state index in [1.807, 2.05) is 13.8 Å². The molecule has 6 nitrogen and oxygen atoms in total. The van der Waals surface area contributed by atoms with Gasteiger partial charge in [0.05, 0.1) is 0 Å². The molecule has 3 rings (SSSR count). The van der Waals surface area contributed by atoms with Gasteiger partial charge in [0.2, 0.25) is 0 Å². The zero-order valence-electron chi connectivity index (χ0n) is 12.9. The predicted octanol–water partition coefficient (Wildman–Crippen LogP) is 0.818. The largest absolute Gasteiger partial charge is 0.381 e. The minimum absolute atomic E-state index is 0.0445. The third kappa shape index (κ3) is 2.66. The smallest absolute Gasteiger partial charge is 0.325 e. The summed E-state index contributed by atoms with van der Waals surface area (Å²) in [6.07, 6.45) is 2.92. The van der Waals surface area contributed by atoms with Crippen molar-refractivity contribution in [3.05, 3.63) is 0 Å². The van der Waals surface area contributed by atoms with Crippen LogP contribution in [0, 0.1) is 5.92 Å². The van der Waals surface area contributed by atoms with Gasteiger partial charge < -0.3 is 15.0 Å². The second kappa shape index (κ2) is 5.57. The number of imide groups is 1. The van der Waals surface area contributed by atoms with Crippen LogP contribution in [0.5, 0.6) is 0 Å². The molecule has 3 aliphatic heterocycles. The summed E-state index contributed by atoms with van der Waals surface area (Å²) in [5, 5.41) is 2.95. The number of amides is 3. The van der Waals surface area contributed by atoms with Gasteiger partial charge in [0.25, 0.3) is 5.91 Å². The van der Waals surface area contributed by atoms with Gasteiger partial charge in [-0.3, -0.25) is 9.69 Å². The number of likely N-dealkylation sites (tertiary alicyclic amines) is 1. The van der Waals surface area contributed by atoms with Crippen LogP contribution in [0.3, 0.4) is 0 Å². The van der Waals surface area contributed by atoms with Crippen LogP contribution < -0.4 is 5.32 Å². The second-order valence-electron chi connectivity index (χ2n) is 6.82. The molecule has 3 amide bonds. The predicted molar refractivity (Wildman–Crippen MR) is 77.8 cm³/mol. The van der Waals surface area contributed by atoms with E-state index in [0.717, 1.165) is 45.6 Å². The van der Waals surface area contributed by atoms with Gasteiger partial charge in [-0.05, 0) is 39.0 Å². The lowest BCUT2D eigenvalue weighted by atomic mass is 9.98. The second-order valence-corrected chi connectivity index (χ2v) is 6.82. The maximum atomic E-state index is 12.6. The first-order chi connectivity index (χ1) is 10.0. The van der Waals surface area contributed by atoms with Gasteiger partial charge in [0.15, 0.2) is 0 Å². The molecular weight excluding hydrogens is 270 g/mol. The lowest BCUT2D eigenvalue weighted by Crippen LogP contribution is -2.50. The Hall–Kier alpha value is -1.14. The van der Waals surface area contributed by atoms with Crippen LogP contribution in [-0.2, 0) is 9.53 Å². The highest BCUT2D eigenvalue weighted by Gasteiger charge is 2.55. The first-order valence-corrected chi connectivity index (χ1v) is 7.98. The molecule has 0 aliphatic carbocycles. The summed E-state index contributed by atoms with van der Waals surface area (Å²) >= 11 is 0. The highest BCUT2D eigenvalue weighted by molar-refractivity contribution is 6.07. The van der Waals surface area contributed by atoms with Crippen LogP contribution in [0.15, 0.2) is 0 Å². The molecule has 6 heteroatoms. The van der Waals surface area contributed by atoms with Gasteiger partial charge in [0.1, 0.15) is 5.54 Å². The summed E-state index contributed by atoms with van der Waals surface area (Å²) in [5.41, 5.74) is -0.674. The molecule has 3 heterocycles. The zero-order valence-corrected chi connectivity index (χ0v) is 12.9. The molecule has 3 saturated heterocycles. The molecule has 0 bridgehead atoms. The Kier molecular flexibility index (Phi) is 3.92. The van der Waals surface area contributed by atoms with Gasteiger partial charge in [-0.25, -0.2) is 4.79 Å². The van der Waals surface area contributed by atoms with Crippen LogP contribution in [0.4, 0.5) is 4.79 Å². The number of hydrogen-bond donors (Lipinski definition) is 1. The molecule has 0 saturated carbocycles. The number of rotatable bonds is 3. The fraction of sp³-hybridized carbons (Fsp3) is 0.867. The van der Waals surface area contributed by atoms with Gasteiger partial charge in [0, 0.05) is 38.9 Å². The number of urea groups is 1. The van der Waals surface area contributed by atoms with Gasteiger partial charge in [-0.1, -0.05) is 0 Å². The number of hydrogen-bond acceptors (Lipinski definition) is 4. The normalized spacial score (nSPS) is 31.7. The Morgan fingerprint density at radius 2 is 2.05 bits per heavy atom. The Labute approximate surface area is 125 Å². The van der Waals surface area contributed by atoms with Crippen molar-refractivity contribution in [2.75, 3.05) is 32.8 Å². The third-order valence-corrected chi connectivity index (χ3v) is 4.92. The highest BCUT2D eigenvalue weighted by Crippen LogP contribution is 2.31. The number of ether oxygens (including phenoxy) is 1. The average molecular weight is 295 g/mol. The number of carbonyl (C=O) groups is 2. The molecule has 0 aromatic heterocycles. The molecule has 1 spiro atoms. The van der Waals surface area contributed by atoms with E-state index in [9.17, 15) is 9.59 Å². The molecule has 0 aromatic carbocycles. The summed E-state index contributed by atoms with van der Waals surface area (Å²) in [5.74, 6) is 0.610. The fourth-order valence-electron chi connectivity index (χ4n) is 3.73. The van der Waals surface area contributed by atoms with E-state index >= 15 is 0 Å². The lowest BCUT2D eigenvalue weighted by Gasteiger charge is -2.28. The molecule has 21 heavy (non-hydrogen) atoms. The van der Waals surface area contributed by atoms with Crippen LogP contribution in [0.25, 0.3) is 0 Å². The van der Waals surface area contributed by atoms with Gasteiger partial charge in [-0.15, -0.1) is 0 Å². The fourth-order valence-corrected chi connectivity index (χ4v) is 3.73. The SMILES string of the molecule is CC(C)N1C(=O)NC2(CCN(CC3CCOCC3)C2)C1=O. The number of nitrogens with zero attached hydrogens (tertiary/aromatic N) is 2. The summed E-state index contributed by atoms with van der Waals surface area (Å²) in [4.78, 5) is 28.4. The Bertz CT molecular complexity index is 434. The minimum Gasteiger partial charge on any atom is -0.381 e. The van der Waals surface area contributed by atoms with Crippen LogP contribution >= 0.6 is 0 Å². The van der Waals surface area contributed by atoms with Crippen LogP contribution in [0.2, 0.25) is 0 Å². The van der Waals surface area contributed by atoms with Gasteiger partial charge in [-0.2, -0.15) is 0 Å².